The lowest BCUT2D eigenvalue weighted by molar-refractivity contribution is 0.587. The van der Waals surface area contributed by atoms with Crippen molar-refractivity contribution in [2.75, 3.05) is 7.05 Å². The molecule has 2 heterocycles. The Balaban J connectivity index is 2.27. The third-order valence-electron chi connectivity index (χ3n) is 4.15. The standard InChI is InChI=1S/C19H21N3O2S/c1-14-6-4-7-15(2)19(14)18-10-16(11-20-3)13-22(18)25(23,24)17-8-5-9-21-12-17/h4-10,12-13,20H,11H2,1-3H3. The summed E-state index contributed by atoms with van der Waals surface area (Å²) in [6.07, 6.45) is 4.62. The molecule has 0 amide bonds. The number of hydrogen-bond donors (Lipinski definition) is 1. The number of nitrogens with one attached hydrogen (secondary N) is 1. The van der Waals surface area contributed by atoms with Crippen LogP contribution in [0, 0.1) is 13.8 Å². The molecular weight excluding hydrogens is 334 g/mol. The Morgan fingerprint density at radius 3 is 2.44 bits per heavy atom. The maximum atomic E-state index is 13.2. The van der Waals surface area contributed by atoms with Crippen molar-refractivity contribution in [1.82, 2.24) is 14.3 Å². The van der Waals surface area contributed by atoms with Gasteiger partial charge in [0, 0.05) is 30.7 Å². The van der Waals surface area contributed by atoms with Gasteiger partial charge in [-0.1, -0.05) is 18.2 Å². The van der Waals surface area contributed by atoms with Crippen molar-refractivity contribution in [3.05, 3.63) is 71.7 Å². The summed E-state index contributed by atoms with van der Waals surface area (Å²) in [5.41, 5.74) is 4.60. The first-order valence-corrected chi connectivity index (χ1v) is 9.47. The summed E-state index contributed by atoms with van der Waals surface area (Å²) in [5.74, 6) is 0. The summed E-state index contributed by atoms with van der Waals surface area (Å²) in [6.45, 7) is 4.58. The van der Waals surface area contributed by atoms with Crippen molar-refractivity contribution in [2.24, 2.45) is 0 Å². The molecule has 0 aliphatic carbocycles. The molecule has 0 unspecified atom stereocenters. The predicted octanol–water partition coefficient (Wildman–Crippen LogP) is 3.12. The summed E-state index contributed by atoms with van der Waals surface area (Å²) in [4.78, 5) is 4.13. The maximum absolute atomic E-state index is 13.2. The van der Waals surface area contributed by atoms with E-state index in [0.717, 1.165) is 22.3 Å². The highest BCUT2D eigenvalue weighted by atomic mass is 32.2. The van der Waals surface area contributed by atoms with Gasteiger partial charge in [-0.05, 0) is 55.8 Å². The third kappa shape index (κ3) is 3.23. The van der Waals surface area contributed by atoms with Gasteiger partial charge in [0.1, 0.15) is 4.90 Å². The molecule has 0 saturated carbocycles. The van der Waals surface area contributed by atoms with Crippen LogP contribution in [0.25, 0.3) is 11.3 Å². The zero-order valence-electron chi connectivity index (χ0n) is 14.5. The van der Waals surface area contributed by atoms with Crippen LogP contribution in [-0.4, -0.2) is 24.4 Å². The molecule has 6 heteroatoms. The van der Waals surface area contributed by atoms with E-state index in [9.17, 15) is 8.42 Å². The van der Waals surface area contributed by atoms with Gasteiger partial charge < -0.3 is 5.32 Å². The monoisotopic (exact) mass is 355 g/mol. The van der Waals surface area contributed by atoms with Gasteiger partial charge in [-0.25, -0.2) is 12.4 Å². The Labute approximate surface area is 148 Å². The Morgan fingerprint density at radius 1 is 1.12 bits per heavy atom. The van der Waals surface area contributed by atoms with Crippen molar-refractivity contribution in [2.45, 2.75) is 25.3 Å². The summed E-state index contributed by atoms with van der Waals surface area (Å²) in [7, 11) is -1.88. The van der Waals surface area contributed by atoms with Gasteiger partial charge in [0.05, 0.1) is 5.69 Å². The molecule has 3 rings (SSSR count). The second-order valence-corrected chi connectivity index (χ2v) is 7.84. The maximum Gasteiger partial charge on any atom is 0.269 e. The van der Waals surface area contributed by atoms with Gasteiger partial charge in [0.2, 0.25) is 0 Å². The van der Waals surface area contributed by atoms with Crippen LogP contribution in [0.5, 0.6) is 0 Å². The van der Waals surface area contributed by atoms with E-state index in [-0.39, 0.29) is 4.90 Å². The second-order valence-electron chi connectivity index (χ2n) is 6.02. The molecule has 1 aromatic carbocycles. The summed E-state index contributed by atoms with van der Waals surface area (Å²) in [5, 5.41) is 3.08. The van der Waals surface area contributed by atoms with E-state index in [1.807, 2.05) is 45.2 Å². The number of aromatic nitrogens is 2. The van der Waals surface area contributed by atoms with Crippen LogP contribution >= 0.6 is 0 Å². The van der Waals surface area contributed by atoms with Gasteiger partial charge in [-0.15, -0.1) is 0 Å². The van der Waals surface area contributed by atoms with E-state index in [1.54, 1.807) is 24.5 Å². The smallest absolute Gasteiger partial charge is 0.269 e. The number of rotatable bonds is 5. The number of nitrogens with zero attached hydrogens (tertiary/aromatic N) is 2. The fourth-order valence-electron chi connectivity index (χ4n) is 3.01. The van der Waals surface area contributed by atoms with Crippen LogP contribution in [-0.2, 0) is 16.6 Å². The summed E-state index contributed by atoms with van der Waals surface area (Å²) >= 11 is 0. The summed E-state index contributed by atoms with van der Waals surface area (Å²) < 4.78 is 27.7. The molecule has 0 saturated heterocycles. The molecule has 0 bridgehead atoms. The molecule has 1 N–H and O–H groups in total. The van der Waals surface area contributed by atoms with Gasteiger partial charge >= 0.3 is 0 Å². The molecule has 0 radical (unpaired) electrons. The average Bonchev–Trinajstić information content (AvgIpc) is 3.00. The van der Waals surface area contributed by atoms with Crippen molar-refractivity contribution >= 4 is 10.0 Å². The van der Waals surface area contributed by atoms with Crippen molar-refractivity contribution in [3.63, 3.8) is 0 Å². The fraction of sp³-hybridized carbons (Fsp3) is 0.211. The number of benzene rings is 1. The van der Waals surface area contributed by atoms with E-state index >= 15 is 0 Å². The molecule has 5 nitrogen and oxygen atoms in total. The van der Waals surface area contributed by atoms with E-state index in [4.69, 9.17) is 0 Å². The largest absolute Gasteiger partial charge is 0.316 e. The highest BCUT2D eigenvalue weighted by Crippen LogP contribution is 2.31. The lowest BCUT2D eigenvalue weighted by Gasteiger charge is -2.14. The van der Waals surface area contributed by atoms with Gasteiger partial charge in [-0.2, -0.15) is 0 Å². The van der Waals surface area contributed by atoms with E-state index in [1.165, 1.54) is 10.2 Å². The van der Waals surface area contributed by atoms with Crippen LogP contribution in [0.15, 0.2) is 59.9 Å². The molecule has 2 aromatic heterocycles. The molecule has 0 atom stereocenters. The minimum Gasteiger partial charge on any atom is -0.316 e. The molecule has 130 valence electrons. The first kappa shape index (κ1) is 17.4. The molecule has 3 aromatic rings. The topological polar surface area (TPSA) is 64.0 Å². The lowest BCUT2D eigenvalue weighted by Crippen LogP contribution is -2.14. The molecular formula is C19H21N3O2S. The second kappa shape index (κ2) is 6.82. The van der Waals surface area contributed by atoms with Gasteiger partial charge in [0.25, 0.3) is 10.0 Å². The Morgan fingerprint density at radius 2 is 1.84 bits per heavy atom. The van der Waals surface area contributed by atoms with E-state index < -0.39 is 10.0 Å². The predicted molar refractivity (Wildman–Crippen MR) is 98.9 cm³/mol. The highest BCUT2D eigenvalue weighted by molar-refractivity contribution is 7.90. The number of pyridine rings is 1. The molecule has 25 heavy (non-hydrogen) atoms. The molecule has 0 aliphatic rings. The van der Waals surface area contributed by atoms with Crippen LogP contribution in [0.4, 0.5) is 0 Å². The number of aryl methyl sites for hydroxylation is 2. The first-order valence-electron chi connectivity index (χ1n) is 8.03. The van der Waals surface area contributed by atoms with Crippen LogP contribution in [0.3, 0.4) is 0 Å². The molecule has 0 aliphatic heterocycles. The Bertz CT molecular complexity index is 973. The minimum absolute atomic E-state index is 0.175. The zero-order chi connectivity index (χ0) is 18.0. The van der Waals surface area contributed by atoms with Crippen molar-refractivity contribution < 1.29 is 8.42 Å². The van der Waals surface area contributed by atoms with Crippen LogP contribution < -0.4 is 5.32 Å². The quantitative estimate of drug-likeness (QED) is 0.764. The fourth-order valence-corrected chi connectivity index (χ4v) is 4.36. The normalized spacial score (nSPS) is 11.6. The average molecular weight is 355 g/mol. The number of hydrogen-bond acceptors (Lipinski definition) is 4. The van der Waals surface area contributed by atoms with Crippen molar-refractivity contribution in [3.8, 4) is 11.3 Å². The minimum atomic E-state index is -3.72. The van der Waals surface area contributed by atoms with Crippen molar-refractivity contribution in [1.29, 1.82) is 0 Å². The SMILES string of the molecule is CNCc1cc(-c2c(C)cccc2C)n(S(=O)(=O)c2cccnc2)c1. The zero-order valence-corrected chi connectivity index (χ0v) is 15.3. The van der Waals surface area contributed by atoms with E-state index in [2.05, 4.69) is 10.3 Å². The summed E-state index contributed by atoms with van der Waals surface area (Å²) in [6, 6.07) is 11.1. The van der Waals surface area contributed by atoms with Crippen LogP contribution in [0.2, 0.25) is 0 Å². The highest BCUT2D eigenvalue weighted by Gasteiger charge is 2.23. The first-order chi connectivity index (χ1) is 11.9. The molecule has 0 fully saturated rings. The Hall–Kier alpha value is -2.44. The Kier molecular flexibility index (Phi) is 4.74. The third-order valence-corrected chi connectivity index (χ3v) is 5.81. The lowest BCUT2D eigenvalue weighted by atomic mass is 10.00. The van der Waals surface area contributed by atoms with E-state index in [0.29, 0.717) is 12.2 Å². The van der Waals surface area contributed by atoms with Gasteiger partial charge in [0.15, 0.2) is 0 Å². The molecule has 0 spiro atoms. The van der Waals surface area contributed by atoms with Crippen LogP contribution in [0.1, 0.15) is 16.7 Å². The van der Waals surface area contributed by atoms with Gasteiger partial charge in [-0.3, -0.25) is 4.98 Å².